The van der Waals surface area contributed by atoms with Gasteiger partial charge in [-0.05, 0) is 40.6 Å². The molecule has 5 aromatic rings. The Hall–Kier alpha value is -4.09. The van der Waals surface area contributed by atoms with Crippen molar-refractivity contribution in [2.75, 3.05) is 0 Å². The molecule has 6 rings (SSSR count). The number of nitrogens with zero attached hydrogens (tertiary/aromatic N) is 1. The highest BCUT2D eigenvalue weighted by Crippen LogP contribution is 2.33. The first-order valence-corrected chi connectivity index (χ1v) is 10.9. The summed E-state index contributed by atoms with van der Waals surface area (Å²) in [6, 6.07) is 23.2. The molecule has 0 amide bonds. The molecule has 0 spiro atoms. The lowest BCUT2D eigenvalue weighted by Crippen LogP contribution is -2.00. The summed E-state index contributed by atoms with van der Waals surface area (Å²) >= 11 is 1.39. The zero-order valence-electron chi connectivity index (χ0n) is 16.7. The van der Waals surface area contributed by atoms with E-state index in [1.807, 2.05) is 72.8 Å². The first-order chi connectivity index (χ1) is 15.7. The van der Waals surface area contributed by atoms with Crippen molar-refractivity contribution in [2.24, 2.45) is 0 Å². The molecule has 1 aliphatic carbocycles. The zero-order valence-corrected chi connectivity index (χ0v) is 17.6. The molecule has 0 unspecified atom stereocenters. The van der Waals surface area contributed by atoms with E-state index in [4.69, 9.17) is 4.42 Å². The monoisotopic (exact) mass is 433 g/mol. The molecular formula is C27H15NO3S. The number of allylic oxidation sites excluding steroid dienone is 1. The SMILES string of the molecule is O=C1C(=Cc2nc3oc(/C=C/c4ccccc4)cc3s2)C(=O)c2cc3ccccc3cc21. The number of aromatic nitrogens is 1. The number of furan rings is 1. The van der Waals surface area contributed by atoms with Gasteiger partial charge in [-0.1, -0.05) is 60.7 Å². The summed E-state index contributed by atoms with van der Waals surface area (Å²) in [6.07, 6.45) is 5.45. The lowest BCUT2D eigenvalue weighted by molar-refractivity contribution is 0.0990. The van der Waals surface area contributed by atoms with Crippen molar-refractivity contribution in [3.8, 4) is 0 Å². The summed E-state index contributed by atoms with van der Waals surface area (Å²) in [5, 5.41) is 2.46. The summed E-state index contributed by atoms with van der Waals surface area (Å²) in [5.74, 6) is 0.192. The number of carbonyl (C=O) groups is 2. The quantitative estimate of drug-likeness (QED) is 0.235. The van der Waals surface area contributed by atoms with Crippen LogP contribution in [0.25, 0.3) is 39.4 Å². The van der Waals surface area contributed by atoms with Crippen LogP contribution in [-0.4, -0.2) is 16.6 Å². The minimum absolute atomic E-state index is 0.149. The van der Waals surface area contributed by atoms with E-state index in [0.717, 1.165) is 21.0 Å². The fourth-order valence-electron chi connectivity index (χ4n) is 3.92. The van der Waals surface area contributed by atoms with Gasteiger partial charge in [-0.2, -0.15) is 0 Å². The van der Waals surface area contributed by atoms with Gasteiger partial charge in [0.05, 0.1) is 10.3 Å². The van der Waals surface area contributed by atoms with Crippen molar-refractivity contribution < 1.29 is 14.0 Å². The molecule has 0 saturated heterocycles. The van der Waals surface area contributed by atoms with Crippen molar-refractivity contribution >= 4 is 62.3 Å². The highest BCUT2D eigenvalue weighted by molar-refractivity contribution is 7.19. The van der Waals surface area contributed by atoms with Crippen molar-refractivity contribution in [1.29, 1.82) is 0 Å². The number of thiazole rings is 1. The lowest BCUT2D eigenvalue weighted by Gasteiger charge is -2.00. The van der Waals surface area contributed by atoms with Gasteiger partial charge in [0.15, 0.2) is 11.6 Å². The number of hydrogen-bond donors (Lipinski definition) is 0. The number of fused-ring (bicyclic) bond motifs is 3. The van der Waals surface area contributed by atoms with Gasteiger partial charge in [0.25, 0.3) is 0 Å². The second-order valence-corrected chi connectivity index (χ2v) is 8.64. The second kappa shape index (κ2) is 7.25. The molecule has 0 bridgehead atoms. The molecule has 4 nitrogen and oxygen atoms in total. The minimum atomic E-state index is -0.256. The van der Waals surface area contributed by atoms with Crippen LogP contribution in [0.4, 0.5) is 0 Å². The van der Waals surface area contributed by atoms with E-state index >= 15 is 0 Å². The molecule has 0 radical (unpaired) electrons. The summed E-state index contributed by atoms with van der Waals surface area (Å²) in [6.45, 7) is 0. The predicted molar refractivity (Wildman–Crippen MR) is 128 cm³/mol. The molecule has 0 N–H and O–H groups in total. The molecule has 152 valence electrons. The average molecular weight is 433 g/mol. The van der Waals surface area contributed by atoms with Crippen molar-refractivity contribution in [1.82, 2.24) is 4.98 Å². The van der Waals surface area contributed by atoms with Gasteiger partial charge >= 0.3 is 0 Å². The number of ketones is 2. The van der Waals surface area contributed by atoms with Crippen LogP contribution in [0.1, 0.15) is 37.0 Å². The normalized spacial score (nSPS) is 13.6. The van der Waals surface area contributed by atoms with Gasteiger partial charge in [0.2, 0.25) is 5.71 Å². The zero-order chi connectivity index (χ0) is 21.7. The van der Waals surface area contributed by atoms with Crippen LogP contribution in [0.5, 0.6) is 0 Å². The molecule has 2 aromatic heterocycles. The Kier molecular flexibility index (Phi) is 4.23. The maximum absolute atomic E-state index is 12.9. The van der Waals surface area contributed by atoms with Crippen molar-refractivity contribution in [2.45, 2.75) is 0 Å². The predicted octanol–water partition coefficient (Wildman–Crippen LogP) is 6.68. The highest BCUT2D eigenvalue weighted by Gasteiger charge is 2.33. The van der Waals surface area contributed by atoms with Crippen LogP contribution in [0.15, 0.2) is 82.8 Å². The summed E-state index contributed by atoms with van der Waals surface area (Å²) in [4.78, 5) is 30.4. The Morgan fingerprint density at radius 1 is 0.781 bits per heavy atom. The topological polar surface area (TPSA) is 60.2 Å². The van der Waals surface area contributed by atoms with E-state index in [9.17, 15) is 9.59 Å². The van der Waals surface area contributed by atoms with E-state index < -0.39 is 0 Å². The van der Waals surface area contributed by atoms with Crippen LogP contribution < -0.4 is 0 Å². The standard InChI is InChI=1S/C27H15NO3S/c29-25-20-12-17-8-4-5-9-18(17)13-21(20)26(30)22(25)15-24-28-27-23(32-24)14-19(31-27)11-10-16-6-2-1-3-7-16/h1-15H/b11-10+. The molecule has 0 atom stereocenters. The number of rotatable bonds is 3. The van der Waals surface area contributed by atoms with Crippen LogP contribution in [0, 0.1) is 0 Å². The molecule has 5 heteroatoms. The number of hydrogen-bond acceptors (Lipinski definition) is 5. The molecule has 1 aliphatic rings. The van der Waals surface area contributed by atoms with E-state index in [0.29, 0.717) is 27.6 Å². The minimum Gasteiger partial charge on any atom is -0.438 e. The van der Waals surface area contributed by atoms with Crippen LogP contribution in [-0.2, 0) is 0 Å². The van der Waals surface area contributed by atoms with Gasteiger partial charge in [0.1, 0.15) is 10.8 Å². The smallest absolute Gasteiger partial charge is 0.238 e. The third-order valence-corrected chi connectivity index (χ3v) is 6.43. The fourth-order valence-corrected chi connectivity index (χ4v) is 4.80. The molecule has 0 fully saturated rings. The average Bonchev–Trinajstić information content (AvgIpc) is 3.44. The van der Waals surface area contributed by atoms with Gasteiger partial charge in [-0.15, -0.1) is 11.3 Å². The Morgan fingerprint density at radius 3 is 2.09 bits per heavy atom. The van der Waals surface area contributed by atoms with Gasteiger partial charge < -0.3 is 4.42 Å². The first kappa shape index (κ1) is 18.7. The molecule has 3 aromatic carbocycles. The molecule has 32 heavy (non-hydrogen) atoms. The molecular weight excluding hydrogens is 418 g/mol. The molecule has 2 heterocycles. The van der Waals surface area contributed by atoms with E-state index in [2.05, 4.69) is 4.98 Å². The first-order valence-electron chi connectivity index (χ1n) is 10.1. The van der Waals surface area contributed by atoms with E-state index in [1.165, 1.54) is 11.3 Å². The third kappa shape index (κ3) is 3.11. The molecule has 0 aliphatic heterocycles. The Labute approximate surface area is 187 Å². The Bertz CT molecular complexity index is 1510. The van der Waals surface area contributed by atoms with Gasteiger partial charge in [-0.3, -0.25) is 9.59 Å². The largest absolute Gasteiger partial charge is 0.438 e. The van der Waals surface area contributed by atoms with E-state index in [-0.39, 0.29) is 17.1 Å². The fraction of sp³-hybridized carbons (Fsp3) is 0. The second-order valence-electron chi connectivity index (χ2n) is 7.58. The van der Waals surface area contributed by atoms with E-state index in [1.54, 1.807) is 18.2 Å². The molecule has 0 saturated carbocycles. The van der Waals surface area contributed by atoms with Crippen molar-refractivity contribution in [3.05, 3.63) is 106 Å². The number of Topliss-reactive ketones (excluding diaryl/α,β-unsaturated/α-hetero) is 2. The van der Waals surface area contributed by atoms with Crippen LogP contribution in [0.2, 0.25) is 0 Å². The maximum atomic E-state index is 12.9. The number of benzene rings is 3. The van der Waals surface area contributed by atoms with Gasteiger partial charge in [-0.25, -0.2) is 4.98 Å². The lowest BCUT2D eigenvalue weighted by atomic mass is 10.0. The third-order valence-electron chi connectivity index (χ3n) is 5.50. The highest BCUT2D eigenvalue weighted by atomic mass is 32.1. The summed E-state index contributed by atoms with van der Waals surface area (Å²) in [5.41, 5.74) is 2.63. The number of carbonyl (C=O) groups excluding carboxylic acids is 2. The van der Waals surface area contributed by atoms with Crippen LogP contribution >= 0.6 is 11.3 Å². The van der Waals surface area contributed by atoms with Gasteiger partial charge in [0, 0.05) is 17.2 Å². The summed E-state index contributed by atoms with van der Waals surface area (Å²) < 4.78 is 6.68. The van der Waals surface area contributed by atoms with Crippen molar-refractivity contribution in [3.63, 3.8) is 0 Å². The van der Waals surface area contributed by atoms with Crippen LogP contribution in [0.3, 0.4) is 0 Å². The summed E-state index contributed by atoms with van der Waals surface area (Å²) in [7, 11) is 0. The maximum Gasteiger partial charge on any atom is 0.238 e. The Balaban J connectivity index is 1.32. The Morgan fingerprint density at radius 2 is 1.44 bits per heavy atom.